The molecule has 0 aliphatic heterocycles. The van der Waals surface area contributed by atoms with Crippen LogP contribution in [0.2, 0.25) is 0 Å². The first-order valence-corrected chi connectivity index (χ1v) is 10.4. The molecule has 30 heavy (non-hydrogen) atoms. The number of anilines is 1. The normalized spacial score (nSPS) is 10.9. The SMILES string of the molecule is CCc1ccccc1NC(=O)N(CC(=O)N(CCOC)Cc1cccn1C)C(C)C. The molecule has 2 rings (SSSR count). The Labute approximate surface area is 179 Å². The van der Waals surface area contributed by atoms with Crippen LogP contribution in [0, 0.1) is 0 Å². The molecule has 0 unspecified atom stereocenters. The van der Waals surface area contributed by atoms with Crippen molar-refractivity contribution in [1.82, 2.24) is 14.4 Å². The molecule has 0 aliphatic carbocycles. The van der Waals surface area contributed by atoms with E-state index < -0.39 is 0 Å². The number of aryl methyl sites for hydroxylation is 2. The summed E-state index contributed by atoms with van der Waals surface area (Å²) in [6.07, 6.45) is 2.77. The maximum absolute atomic E-state index is 13.1. The number of nitrogens with one attached hydrogen (secondary N) is 1. The van der Waals surface area contributed by atoms with Crippen LogP contribution in [0.15, 0.2) is 42.6 Å². The van der Waals surface area contributed by atoms with Gasteiger partial charge in [-0.3, -0.25) is 4.79 Å². The topological polar surface area (TPSA) is 66.8 Å². The molecule has 0 saturated carbocycles. The second kappa shape index (κ2) is 11.4. The maximum Gasteiger partial charge on any atom is 0.322 e. The van der Waals surface area contributed by atoms with Gasteiger partial charge in [-0.15, -0.1) is 0 Å². The highest BCUT2D eigenvalue weighted by molar-refractivity contribution is 5.93. The monoisotopic (exact) mass is 414 g/mol. The third-order valence-electron chi connectivity index (χ3n) is 5.15. The fourth-order valence-corrected chi connectivity index (χ4v) is 3.22. The molecule has 0 saturated heterocycles. The zero-order valence-corrected chi connectivity index (χ0v) is 18.7. The zero-order chi connectivity index (χ0) is 22.1. The number of hydrogen-bond acceptors (Lipinski definition) is 3. The summed E-state index contributed by atoms with van der Waals surface area (Å²) in [6, 6.07) is 11.3. The predicted molar refractivity (Wildman–Crippen MR) is 119 cm³/mol. The number of hydrogen-bond donors (Lipinski definition) is 1. The molecule has 1 N–H and O–H groups in total. The fourth-order valence-electron chi connectivity index (χ4n) is 3.22. The van der Waals surface area contributed by atoms with E-state index in [4.69, 9.17) is 4.74 Å². The quantitative estimate of drug-likeness (QED) is 0.647. The Kier molecular flexibility index (Phi) is 8.92. The summed E-state index contributed by atoms with van der Waals surface area (Å²) in [4.78, 5) is 29.4. The van der Waals surface area contributed by atoms with Crippen molar-refractivity contribution in [3.8, 4) is 0 Å². The summed E-state index contributed by atoms with van der Waals surface area (Å²) in [5.41, 5.74) is 2.87. The van der Waals surface area contributed by atoms with Crippen LogP contribution in [-0.2, 0) is 29.5 Å². The largest absolute Gasteiger partial charge is 0.383 e. The van der Waals surface area contributed by atoms with Gasteiger partial charge < -0.3 is 24.4 Å². The van der Waals surface area contributed by atoms with Crippen LogP contribution in [0.25, 0.3) is 0 Å². The Morgan fingerprint density at radius 3 is 2.50 bits per heavy atom. The Balaban J connectivity index is 2.12. The van der Waals surface area contributed by atoms with Crippen molar-refractivity contribution >= 4 is 17.6 Å². The summed E-state index contributed by atoms with van der Waals surface area (Å²) in [5.74, 6) is -0.110. The van der Waals surface area contributed by atoms with Gasteiger partial charge in [-0.05, 0) is 44.0 Å². The Morgan fingerprint density at radius 1 is 1.17 bits per heavy atom. The number of amides is 3. The second-order valence-corrected chi connectivity index (χ2v) is 7.58. The molecule has 7 heteroatoms. The molecule has 0 aliphatic rings. The van der Waals surface area contributed by atoms with E-state index in [0.29, 0.717) is 19.7 Å². The Bertz CT molecular complexity index is 831. The van der Waals surface area contributed by atoms with E-state index in [0.717, 1.165) is 23.4 Å². The fraction of sp³-hybridized carbons (Fsp3) is 0.478. The van der Waals surface area contributed by atoms with Gasteiger partial charge in [-0.1, -0.05) is 25.1 Å². The number of rotatable bonds is 10. The molecular weight excluding hydrogens is 380 g/mol. The van der Waals surface area contributed by atoms with Gasteiger partial charge in [-0.2, -0.15) is 0 Å². The number of carbonyl (C=O) groups excluding carboxylic acids is 2. The van der Waals surface area contributed by atoms with Crippen LogP contribution in [0.4, 0.5) is 10.5 Å². The lowest BCUT2D eigenvalue weighted by atomic mass is 10.1. The smallest absolute Gasteiger partial charge is 0.322 e. The minimum atomic E-state index is -0.273. The van der Waals surface area contributed by atoms with Crippen molar-refractivity contribution in [1.29, 1.82) is 0 Å². The molecule has 2 aromatic rings. The number of nitrogens with zero attached hydrogens (tertiary/aromatic N) is 3. The first kappa shape index (κ1) is 23.5. The zero-order valence-electron chi connectivity index (χ0n) is 18.7. The lowest BCUT2D eigenvalue weighted by molar-refractivity contribution is -0.133. The summed E-state index contributed by atoms with van der Waals surface area (Å²) in [7, 11) is 3.57. The van der Waals surface area contributed by atoms with Crippen LogP contribution < -0.4 is 5.32 Å². The summed E-state index contributed by atoms with van der Waals surface area (Å²) >= 11 is 0. The van der Waals surface area contributed by atoms with Gasteiger partial charge in [-0.25, -0.2) is 4.79 Å². The maximum atomic E-state index is 13.1. The van der Waals surface area contributed by atoms with E-state index in [-0.39, 0.29) is 24.5 Å². The summed E-state index contributed by atoms with van der Waals surface area (Å²) < 4.78 is 7.17. The van der Waals surface area contributed by atoms with Crippen molar-refractivity contribution in [2.75, 3.05) is 32.1 Å². The van der Waals surface area contributed by atoms with Gasteiger partial charge in [0.05, 0.1) is 13.2 Å². The lowest BCUT2D eigenvalue weighted by Gasteiger charge is -2.30. The Hall–Kier alpha value is -2.80. The minimum Gasteiger partial charge on any atom is -0.383 e. The molecule has 0 bridgehead atoms. The van der Waals surface area contributed by atoms with Crippen LogP contribution in [0.3, 0.4) is 0 Å². The highest BCUT2D eigenvalue weighted by Crippen LogP contribution is 2.17. The van der Waals surface area contributed by atoms with Gasteiger partial charge in [0.25, 0.3) is 0 Å². The number of carbonyl (C=O) groups is 2. The second-order valence-electron chi connectivity index (χ2n) is 7.58. The van der Waals surface area contributed by atoms with E-state index in [1.165, 1.54) is 0 Å². The van der Waals surface area contributed by atoms with Crippen molar-refractivity contribution in [2.45, 2.75) is 39.8 Å². The van der Waals surface area contributed by atoms with Crippen molar-refractivity contribution in [2.24, 2.45) is 7.05 Å². The van der Waals surface area contributed by atoms with E-state index in [2.05, 4.69) is 5.32 Å². The molecule has 0 fully saturated rings. The molecule has 1 aromatic carbocycles. The number of urea groups is 1. The van der Waals surface area contributed by atoms with Crippen LogP contribution in [-0.4, -0.2) is 59.2 Å². The third-order valence-corrected chi connectivity index (χ3v) is 5.15. The van der Waals surface area contributed by atoms with Crippen LogP contribution in [0.5, 0.6) is 0 Å². The molecule has 1 heterocycles. The Morgan fingerprint density at radius 2 is 1.90 bits per heavy atom. The predicted octanol–water partition coefficient (Wildman–Crippen LogP) is 3.51. The average Bonchev–Trinajstić information content (AvgIpc) is 3.13. The number of para-hydroxylation sites is 1. The standard InChI is InChI=1S/C23H34N4O3/c1-6-19-10-7-8-12-21(19)24-23(29)27(18(2)3)17-22(28)26(14-15-30-5)16-20-11-9-13-25(20)4/h7-13,18H,6,14-17H2,1-5H3,(H,24,29). The molecule has 7 nitrogen and oxygen atoms in total. The number of ether oxygens (including phenoxy) is 1. The first-order valence-electron chi connectivity index (χ1n) is 10.4. The van der Waals surface area contributed by atoms with Crippen molar-refractivity contribution < 1.29 is 14.3 Å². The molecule has 0 radical (unpaired) electrons. The van der Waals surface area contributed by atoms with Crippen molar-refractivity contribution in [3.63, 3.8) is 0 Å². The molecule has 164 valence electrons. The van der Waals surface area contributed by atoms with Gasteiger partial charge in [0.15, 0.2) is 0 Å². The average molecular weight is 415 g/mol. The van der Waals surface area contributed by atoms with Crippen molar-refractivity contribution in [3.05, 3.63) is 53.9 Å². The van der Waals surface area contributed by atoms with Gasteiger partial charge in [0.1, 0.15) is 6.54 Å². The molecular formula is C23H34N4O3. The third kappa shape index (κ3) is 6.35. The van der Waals surface area contributed by atoms with E-state index in [1.807, 2.05) is 75.0 Å². The van der Waals surface area contributed by atoms with E-state index in [1.54, 1.807) is 16.9 Å². The lowest BCUT2D eigenvalue weighted by Crippen LogP contribution is -2.48. The molecule has 0 spiro atoms. The molecule has 0 atom stereocenters. The van der Waals surface area contributed by atoms with E-state index in [9.17, 15) is 9.59 Å². The van der Waals surface area contributed by atoms with E-state index >= 15 is 0 Å². The number of benzene rings is 1. The summed E-state index contributed by atoms with van der Waals surface area (Å²) in [6.45, 7) is 7.25. The number of methoxy groups -OCH3 is 1. The van der Waals surface area contributed by atoms with Gasteiger partial charge in [0.2, 0.25) is 5.91 Å². The van der Waals surface area contributed by atoms with Gasteiger partial charge in [0, 0.05) is 44.3 Å². The molecule has 1 aromatic heterocycles. The highest BCUT2D eigenvalue weighted by Gasteiger charge is 2.24. The highest BCUT2D eigenvalue weighted by atomic mass is 16.5. The van der Waals surface area contributed by atoms with Crippen LogP contribution in [0.1, 0.15) is 32.0 Å². The van der Waals surface area contributed by atoms with Crippen LogP contribution >= 0.6 is 0 Å². The minimum absolute atomic E-state index is 0.00588. The number of aromatic nitrogens is 1. The summed E-state index contributed by atoms with van der Waals surface area (Å²) in [5, 5.41) is 2.97. The molecule has 3 amide bonds. The van der Waals surface area contributed by atoms with Gasteiger partial charge >= 0.3 is 6.03 Å². The first-order chi connectivity index (χ1) is 14.4.